The first kappa shape index (κ1) is 21.6. The fourth-order valence-corrected chi connectivity index (χ4v) is 3.75. The molecular weight excluding hydrogens is 429 g/mol. The van der Waals surface area contributed by atoms with Crippen LogP contribution in [0.4, 0.5) is 24.5 Å². The summed E-state index contributed by atoms with van der Waals surface area (Å²) in [6.45, 7) is 3.54. The molecule has 4 rings (SSSR count). The average molecular weight is 450 g/mol. The van der Waals surface area contributed by atoms with E-state index in [1.807, 2.05) is 11.8 Å². The second-order valence-corrected chi connectivity index (χ2v) is 7.50. The number of aromatic nitrogens is 1. The number of fused-ring (bicyclic) bond motifs is 1. The van der Waals surface area contributed by atoms with Crippen molar-refractivity contribution in [2.24, 2.45) is 0 Å². The van der Waals surface area contributed by atoms with Gasteiger partial charge in [-0.15, -0.1) is 13.2 Å². The molecule has 1 atom stereocenters. The molecule has 2 heterocycles. The SMILES string of the molecule is C[C@@H]1CN(C(=O)CNc2ccc3[nH]c(=O)oc3c2)CCN1c1ccc(OC(F)(F)F)cc1. The lowest BCUT2D eigenvalue weighted by molar-refractivity contribution is -0.274. The van der Waals surface area contributed by atoms with Crippen molar-refractivity contribution in [3.63, 3.8) is 0 Å². The maximum Gasteiger partial charge on any atom is 0.573 e. The predicted molar refractivity (Wildman–Crippen MR) is 112 cm³/mol. The number of benzene rings is 2. The predicted octanol–water partition coefficient (Wildman–Crippen LogP) is 3.17. The van der Waals surface area contributed by atoms with Gasteiger partial charge in [0.1, 0.15) is 5.75 Å². The van der Waals surface area contributed by atoms with Crippen LogP contribution in [0.1, 0.15) is 6.92 Å². The van der Waals surface area contributed by atoms with Gasteiger partial charge in [0.15, 0.2) is 5.58 Å². The van der Waals surface area contributed by atoms with Gasteiger partial charge in [0.05, 0.1) is 12.1 Å². The van der Waals surface area contributed by atoms with Crippen LogP contribution in [-0.4, -0.2) is 54.4 Å². The smallest absolute Gasteiger partial charge is 0.408 e. The highest BCUT2D eigenvalue weighted by atomic mass is 19.4. The number of piperazine rings is 1. The van der Waals surface area contributed by atoms with Crippen LogP contribution in [0.15, 0.2) is 51.7 Å². The van der Waals surface area contributed by atoms with Gasteiger partial charge in [-0.2, -0.15) is 0 Å². The molecule has 1 aliphatic heterocycles. The van der Waals surface area contributed by atoms with Gasteiger partial charge < -0.3 is 24.3 Å². The van der Waals surface area contributed by atoms with Crippen molar-refractivity contribution in [1.29, 1.82) is 0 Å². The molecule has 1 fully saturated rings. The topological polar surface area (TPSA) is 90.8 Å². The molecule has 170 valence electrons. The summed E-state index contributed by atoms with van der Waals surface area (Å²) in [4.78, 5) is 30.2. The molecule has 2 aromatic carbocycles. The fraction of sp³-hybridized carbons (Fsp3) is 0.333. The number of hydrogen-bond donors (Lipinski definition) is 2. The molecular formula is C21H21F3N4O4. The highest BCUT2D eigenvalue weighted by molar-refractivity contribution is 5.83. The number of carbonyl (C=O) groups excluding carboxylic acids is 1. The summed E-state index contributed by atoms with van der Waals surface area (Å²) >= 11 is 0. The van der Waals surface area contributed by atoms with E-state index >= 15 is 0 Å². The molecule has 0 bridgehead atoms. The van der Waals surface area contributed by atoms with Crippen molar-refractivity contribution in [3.8, 4) is 5.75 Å². The van der Waals surface area contributed by atoms with Crippen molar-refractivity contribution < 1.29 is 27.1 Å². The normalized spacial score (nSPS) is 16.9. The Balaban J connectivity index is 1.32. The number of rotatable bonds is 5. The molecule has 32 heavy (non-hydrogen) atoms. The summed E-state index contributed by atoms with van der Waals surface area (Å²) in [5.41, 5.74) is 2.40. The Labute approximate surface area is 180 Å². The lowest BCUT2D eigenvalue weighted by Crippen LogP contribution is -2.54. The van der Waals surface area contributed by atoms with Gasteiger partial charge >= 0.3 is 12.1 Å². The Morgan fingerprint density at radius 2 is 1.97 bits per heavy atom. The quantitative estimate of drug-likeness (QED) is 0.621. The Hall–Kier alpha value is -3.63. The van der Waals surface area contributed by atoms with E-state index in [0.29, 0.717) is 36.4 Å². The van der Waals surface area contributed by atoms with E-state index in [1.165, 1.54) is 12.1 Å². The number of oxazole rings is 1. The van der Waals surface area contributed by atoms with E-state index in [4.69, 9.17) is 4.42 Å². The van der Waals surface area contributed by atoms with E-state index in [2.05, 4.69) is 15.0 Å². The number of amides is 1. The number of H-pyrrole nitrogens is 1. The fourth-order valence-electron chi connectivity index (χ4n) is 3.75. The van der Waals surface area contributed by atoms with Crippen molar-refractivity contribution in [1.82, 2.24) is 9.88 Å². The summed E-state index contributed by atoms with van der Waals surface area (Å²) < 4.78 is 45.9. The Kier molecular flexibility index (Phi) is 5.72. The summed E-state index contributed by atoms with van der Waals surface area (Å²) in [6.07, 6.45) is -4.73. The number of halogens is 3. The van der Waals surface area contributed by atoms with Crippen LogP contribution >= 0.6 is 0 Å². The Morgan fingerprint density at radius 3 is 2.66 bits per heavy atom. The van der Waals surface area contributed by atoms with Gasteiger partial charge in [0.2, 0.25) is 5.91 Å². The number of carbonyl (C=O) groups is 1. The minimum absolute atomic E-state index is 0.0208. The van der Waals surface area contributed by atoms with E-state index in [0.717, 1.165) is 5.69 Å². The van der Waals surface area contributed by atoms with Crippen LogP contribution in [0.2, 0.25) is 0 Å². The molecule has 0 spiro atoms. The van der Waals surface area contributed by atoms with Crippen LogP contribution in [0.3, 0.4) is 0 Å². The second kappa shape index (κ2) is 8.48. The summed E-state index contributed by atoms with van der Waals surface area (Å²) in [5, 5.41) is 3.04. The third-order valence-corrected chi connectivity index (χ3v) is 5.25. The zero-order valence-electron chi connectivity index (χ0n) is 17.1. The van der Waals surface area contributed by atoms with E-state index < -0.39 is 12.1 Å². The number of nitrogens with zero attached hydrogens (tertiary/aromatic N) is 2. The largest absolute Gasteiger partial charge is 0.573 e. The zero-order chi connectivity index (χ0) is 22.9. The Morgan fingerprint density at radius 1 is 1.22 bits per heavy atom. The first-order chi connectivity index (χ1) is 15.2. The molecule has 1 saturated heterocycles. The van der Waals surface area contributed by atoms with Gasteiger partial charge in [-0.1, -0.05) is 0 Å². The molecule has 0 unspecified atom stereocenters. The first-order valence-corrected chi connectivity index (χ1v) is 9.95. The first-order valence-electron chi connectivity index (χ1n) is 9.95. The van der Waals surface area contributed by atoms with E-state index in [1.54, 1.807) is 35.2 Å². The lowest BCUT2D eigenvalue weighted by atomic mass is 10.1. The standard InChI is InChI=1S/C21H21F3N4O4/c1-13-12-27(8-9-28(13)15-3-5-16(6-4-15)32-21(22,23)24)19(29)11-25-14-2-7-17-18(10-14)31-20(30)26-17/h2-7,10,13,25H,8-9,11-12H2,1H3,(H,26,30)/t13-/m1/s1. The molecule has 11 heteroatoms. The maximum atomic E-state index is 12.6. The molecule has 8 nitrogen and oxygen atoms in total. The zero-order valence-corrected chi connectivity index (χ0v) is 17.1. The lowest BCUT2D eigenvalue weighted by Gasteiger charge is -2.41. The van der Waals surface area contributed by atoms with Crippen LogP contribution in [0.5, 0.6) is 5.75 Å². The number of anilines is 2. The van der Waals surface area contributed by atoms with Crippen molar-refractivity contribution >= 4 is 28.4 Å². The van der Waals surface area contributed by atoms with Gasteiger partial charge in [0, 0.05) is 43.1 Å². The Bertz CT molecular complexity index is 1160. The van der Waals surface area contributed by atoms with Gasteiger partial charge in [-0.3, -0.25) is 9.78 Å². The van der Waals surface area contributed by atoms with Crippen LogP contribution in [0, 0.1) is 0 Å². The van der Waals surface area contributed by atoms with Crippen LogP contribution < -0.4 is 20.7 Å². The molecule has 1 aliphatic rings. The molecule has 0 aliphatic carbocycles. The third kappa shape index (κ3) is 4.98. The minimum atomic E-state index is -4.73. The summed E-state index contributed by atoms with van der Waals surface area (Å²) in [6, 6.07) is 10.8. The molecule has 1 aromatic heterocycles. The summed E-state index contributed by atoms with van der Waals surface area (Å²) in [5.74, 6) is -0.894. The number of hydrogen-bond acceptors (Lipinski definition) is 6. The van der Waals surface area contributed by atoms with Crippen molar-refractivity contribution in [2.45, 2.75) is 19.3 Å². The number of aromatic amines is 1. The second-order valence-electron chi connectivity index (χ2n) is 7.50. The third-order valence-electron chi connectivity index (χ3n) is 5.25. The minimum Gasteiger partial charge on any atom is -0.408 e. The molecule has 1 amide bonds. The van der Waals surface area contributed by atoms with Gasteiger partial charge in [0.25, 0.3) is 0 Å². The molecule has 3 aromatic rings. The number of alkyl halides is 3. The van der Waals surface area contributed by atoms with Crippen molar-refractivity contribution in [2.75, 3.05) is 36.4 Å². The van der Waals surface area contributed by atoms with E-state index in [9.17, 15) is 22.8 Å². The average Bonchev–Trinajstić information content (AvgIpc) is 3.11. The van der Waals surface area contributed by atoms with Gasteiger partial charge in [-0.25, -0.2) is 4.79 Å². The number of ether oxygens (including phenoxy) is 1. The maximum absolute atomic E-state index is 12.6. The highest BCUT2D eigenvalue weighted by Crippen LogP contribution is 2.27. The van der Waals surface area contributed by atoms with E-state index in [-0.39, 0.29) is 24.2 Å². The number of nitrogens with one attached hydrogen (secondary N) is 2. The van der Waals surface area contributed by atoms with Crippen LogP contribution in [-0.2, 0) is 4.79 Å². The van der Waals surface area contributed by atoms with Crippen molar-refractivity contribution in [3.05, 3.63) is 53.0 Å². The molecule has 0 radical (unpaired) electrons. The molecule has 2 N–H and O–H groups in total. The molecule has 0 saturated carbocycles. The highest BCUT2D eigenvalue weighted by Gasteiger charge is 2.31. The van der Waals surface area contributed by atoms with Crippen LogP contribution in [0.25, 0.3) is 11.1 Å². The monoisotopic (exact) mass is 450 g/mol. The summed E-state index contributed by atoms with van der Waals surface area (Å²) in [7, 11) is 0. The van der Waals surface area contributed by atoms with Gasteiger partial charge in [-0.05, 0) is 43.3 Å².